The molecular weight excluding hydrogens is 1180 g/mol. The molecule has 0 spiro atoms. The van der Waals surface area contributed by atoms with Crippen molar-refractivity contribution in [3.8, 4) is 0 Å². The molecule has 5 fully saturated rings. The average Bonchev–Trinajstić information content (AvgIpc) is 0.845. The van der Waals surface area contributed by atoms with Crippen LogP contribution in [0.25, 0.3) is 12.2 Å². The van der Waals surface area contributed by atoms with Gasteiger partial charge in [0, 0.05) is 94.4 Å². The maximum absolute atomic E-state index is 15.1. The van der Waals surface area contributed by atoms with Gasteiger partial charge in [0.05, 0.1) is 17.8 Å². The van der Waals surface area contributed by atoms with Gasteiger partial charge in [0.25, 0.3) is 17.4 Å². The molecule has 532 valence electrons. The summed E-state index contributed by atoms with van der Waals surface area (Å²) in [5.74, 6) is 0.876. The van der Waals surface area contributed by atoms with Crippen molar-refractivity contribution in [2.45, 2.75) is 205 Å². The van der Waals surface area contributed by atoms with Crippen LogP contribution >= 0.6 is 0 Å². The highest BCUT2D eigenvalue weighted by atomic mass is 19.1. The number of aromatic nitrogens is 2. The molecule has 3 unspecified atom stereocenters. The zero-order chi connectivity index (χ0) is 70.2. The lowest BCUT2D eigenvalue weighted by atomic mass is 9.83. The lowest BCUT2D eigenvalue weighted by molar-refractivity contribution is -0.137. The molecule has 1 aliphatic carbocycles. The second-order valence-corrected chi connectivity index (χ2v) is 24.0. The summed E-state index contributed by atoms with van der Waals surface area (Å²) < 4.78 is 15.1. The summed E-state index contributed by atoms with van der Waals surface area (Å²) in [6.07, 6.45) is 21.8. The van der Waals surface area contributed by atoms with E-state index in [2.05, 4.69) is 81.6 Å². The minimum absolute atomic E-state index is 0.0322. The van der Waals surface area contributed by atoms with Gasteiger partial charge in [-0.1, -0.05) is 172 Å². The van der Waals surface area contributed by atoms with Crippen LogP contribution in [0.4, 0.5) is 4.39 Å². The van der Waals surface area contributed by atoms with Crippen molar-refractivity contribution in [1.29, 1.82) is 0 Å². The predicted octanol–water partition coefficient (Wildman–Crippen LogP) is 10.9. The molecule has 1 aromatic heterocycles. The molecule has 1 saturated carbocycles. The number of piperidine rings is 2. The van der Waals surface area contributed by atoms with Crippen LogP contribution in [0, 0.1) is 23.6 Å². The number of rotatable bonds is 21. The van der Waals surface area contributed by atoms with E-state index in [-0.39, 0.29) is 41.2 Å². The van der Waals surface area contributed by atoms with Crippen molar-refractivity contribution in [3.63, 3.8) is 0 Å². The van der Waals surface area contributed by atoms with Gasteiger partial charge in [-0.25, -0.2) is 9.49 Å². The van der Waals surface area contributed by atoms with E-state index >= 15 is 4.39 Å². The molecule has 2 aromatic carbocycles. The van der Waals surface area contributed by atoms with Crippen LogP contribution in [-0.2, 0) is 20.8 Å². The number of halogens is 1. The van der Waals surface area contributed by atoms with Crippen molar-refractivity contribution in [2.24, 2.45) is 17.8 Å². The number of piperazine rings is 2. The Hall–Kier alpha value is -6.08. The summed E-state index contributed by atoms with van der Waals surface area (Å²) in [7, 11) is 2.00. The van der Waals surface area contributed by atoms with Gasteiger partial charge >= 0.3 is 0 Å². The monoisotopic (exact) mass is 1310 g/mol. The van der Waals surface area contributed by atoms with Crippen LogP contribution < -0.4 is 37.3 Å². The molecule has 5 N–H and O–H groups in total. The van der Waals surface area contributed by atoms with Gasteiger partial charge in [0.1, 0.15) is 11.9 Å². The first-order valence-electron chi connectivity index (χ1n) is 36.6. The van der Waals surface area contributed by atoms with Crippen molar-refractivity contribution < 1.29 is 28.4 Å². The smallest absolute Gasteiger partial charge is 0.271 e. The van der Waals surface area contributed by atoms with Crippen LogP contribution in [0.5, 0.6) is 0 Å². The van der Waals surface area contributed by atoms with Crippen LogP contribution in [0.1, 0.15) is 230 Å². The van der Waals surface area contributed by atoms with Crippen molar-refractivity contribution in [2.75, 3.05) is 112 Å². The number of nitrogens with one attached hydrogen (secondary N) is 5. The summed E-state index contributed by atoms with van der Waals surface area (Å²) in [6, 6.07) is 11.9. The maximum atomic E-state index is 15.1. The number of aromatic amines is 1. The van der Waals surface area contributed by atoms with Crippen LogP contribution in [0.15, 0.2) is 59.9 Å². The summed E-state index contributed by atoms with van der Waals surface area (Å²) in [5, 5.41) is 20.2. The molecule has 3 aromatic rings. The second kappa shape index (κ2) is 52.2. The maximum Gasteiger partial charge on any atom is 0.271 e. The molecule has 94 heavy (non-hydrogen) atoms. The Balaban J connectivity index is 0.00000146. The van der Waals surface area contributed by atoms with Gasteiger partial charge in [0.2, 0.25) is 18.2 Å². The number of hydrogen-bond acceptors (Lipinski definition) is 11. The van der Waals surface area contributed by atoms with Gasteiger partial charge in [-0.15, -0.1) is 0 Å². The van der Waals surface area contributed by atoms with E-state index < -0.39 is 17.8 Å². The third-order valence-electron chi connectivity index (χ3n) is 17.7. The number of carbonyl (C=O) groups is 5. The summed E-state index contributed by atoms with van der Waals surface area (Å²) in [4.78, 5) is 87.0. The van der Waals surface area contributed by atoms with E-state index in [0.29, 0.717) is 91.3 Å². The number of likely N-dealkylation sites (tertiary alicyclic amines) is 1. The fourth-order valence-corrected chi connectivity index (χ4v) is 11.9. The molecule has 4 saturated heterocycles. The molecule has 5 heterocycles. The quantitative estimate of drug-likeness (QED) is 0.0503. The van der Waals surface area contributed by atoms with Gasteiger partial charge in [-0.2, -0.15) is 5.10 Å². The Morgan fingerprint density at radius 2 is 1.38 bits per heavy atom. The standard InChI is InChI=1S/C53H70FN9O5.C7H17N.C4H9NO.C4H10.4C2H6/c1-3-10-44-43(4-2)51(66)58-57-47(44)32-38-16-17-46(54)45(31-38)52(67)62-29-27-61(28-30-62)48(64)36-59-21-18-37(19-22-59)35-60-23-25-63(26-24-60)53(68)49(39-11-6-5-7-12-39)56-50(65)41-14-8-13-40(33-41)42-15-9-20-55-34-42;1-4-7(2)5-6-8-3;1-2-3-5-4-6;1-3-4-2;4*1-2/h3-4,8,10,13-14,16-17,31,33,37,39,42,49,55H,1,5-7,9,11-12,15,18-30,32,34-36H2,2H3,(H,56,65)(H,58,66);7-8H,4-6H2,1-3H3;4H,2-3H2,1H3,(H,5,6);3-4H2,1-2H3;4*1-2H3/b43-4+,44-10+;;;;;;;. The number of unbranched alkanes of at least 4 members (excludes halogenated alkanes) is 1. The molecule has 8 rings (SSSR count). The van der Waals surface area contributed by atoms with E-state index in [4.69, 9.17) is 0 Å². The lowest BCUT2D eigenvalue weighted by Crippen LogP contribution is -2.57. The lowest BCUT2D eigenvalue weighted by Gasteiger charge is -2.41. The van der Waals surface area contributed by atoms with E-state index in [1.54, 1.807) is 42.2 Å². The van der Waals surface area contributed by atoms with Gasteiger partial charge < -0.3 is 36.0 Å². The molecule has 0 bridgehead atoms. The summed E-state index contributed by atoms with van der Waals surface area (Å²) in [5.41, 5.74) is 2.72. The first kappa shape index (κ1) is 85.9. The fraction of sp³-hybridized carbons (Fsp3) is 0.671. The Morgan fingerprint density at radius 3 is 1.94 bits per heavy atom. The van der Waals surface area contributed by atoms with Crippen LogP contribution in [0.2, 0.25) is 0 Å². The third-order valence-corrected chi connectivity index (χ3v) is 17.7. The Labute approximate surface area is 568 Å². The average molecular weight is 1310 g/mol. The SMILES string of the molecule is C=C/C=c1/c(Cc2ccc(F)c(C(=O)N3CCN(C(=O)CN4CCC(CN5CCN(C(=O)C(NC(=O)c6cccc(C7CCCNC7)c6)C6CCCCC6)CC5)CC4)CC3)c2)n[nH]c(=O)/c1=C/C.CC.CC.CC.CC.CCC(C)CCNC.CCCC.CCCNC=O. The Kier molecular flexibility index (Phi) is 47.7. The molecule has 5 amide bonds. The van der Waals surface area contributed by atoms with E-state index in [9.17, 15) is 28.8 Å². The van der Waals surface area contributed by atoms with Crippen molar-refractivity contribution in [1.82, 2.24) is 56.0 Å². The van der Waals surface area contributed by atoms with E-state index in [1.807, 2.05) is 97.4 Å². The van der Waals surface area contributed by atoms with E-state index in [0.717, 1.165) is 123 Å². The fourth-order valence-electron chi connectivity index (χ4n) is 11.9. The normalized spacial score (nSPS) is 17.7. The zero-order valence-electron chi connectivity index (χ0n) is 61.4. The molecule has 5 aliphatic rings. The number of nitrogens with zero attached hydrogens (tertiary/aromatic N) is 6. The Bertz CT molecular complexity index is 2740. The first-order valence-corrected chi connectivity index (χ1v) is 36.6. The minimum atomic E-state index is -0.613. The van der Waals surface area contributed by atoms with Gasteiger partial charge in [0.15, 0.2) is 0 Å². The number of amides is 5. The van der Waals surface area contributed by atoms with Crippen molar-refractivity contribution in [3.05, 3.63) is 110 Å². The molecule has 0 radical (unpaired) electrons. The number of hydrogen-bond donors (Lipinski definition) is 5. The number of benzene rings is 2. The molecule has 3 atom stereocenters. The highest BCUT2D eigenvalue weighted by molar-refractivity contribution is 5.98. The second-order valence-electron chi connectivity index (χ2n) is 24.0. The zero-order valence-corrected chi connectivity index (χ0v) is 61.4. The summed E-state index contributed by atoms with van der Waals surface area (Å²) in [6.45, 7) is 43.6. The Morgan fingerprint density at radius 1 is 0.745 bits per heavy atom. The first-order chi connectivity index (χ1) is 45.7. The van der Waals surface area contributed by atoms with Gasteiger partial charge in [-0.3, -0.25) is 38.6 Å². The van der Waals surface area contributed by atoms with Crippen LogP contribution in [0.3, 0.4) is 0 Å². The largest absolute Gasteiger partial charge is 0.359 e. The third kappa shape index (κ3) is 30.3. The highest BCUT2D eigenvalue weighted by Crippen LogP contribution is 2.29. The summed E-state index contributed by atoms with van der Waals surface area (Å²) >= 11 is 0. The minimum Gasteiger partial charge on any atom is -0.359 e. The topological polar surface area (TPSA) is 195 Å². The molecule has 4 aliphatic heterocycles. The number of carbonyl (C=O) groups excluding carboxylic acids is 5. The van der Waals surface area contributed by atoms with Crippen molar-refractivity contribution >= 4 is 42.2 Å². The molecular formula is C76H130FN11O6. The van der Waals surface area contributed by atoms with Gasteiger partial charge in [-0.05, 0) is 151 Å². The highest BCUT2D eigenvalue weighted by Gasteiger charge is 2.36. The predicted molar refractivity (Wildman–Crippen MR) is 390 cm³/mol. The van der Waals surface area contributed by atoms with Crippen LogP contribution in [-0.4, -0.2) is 183 Å². The van der Waals surface area contributed by atoms with E-state index in [1.165, 1.54) is 43.7 Å². The molecule has 17 nitrogen and oxygen atoms in total. The number of allylic oxidation sites excluding steroid dienone is 1. The number of H-pyrrole nitrogens is 1. The molecule has 18 heteroatoms.